The number of nitro groups is 1. The lowest BCUT2D eigenvalue weighted by atomic mass is 9.65. The van der Waals surface area contributed by atoms with Crippen LogP contribution in [0.4, 0.5) is 21.3 Å². The Hall–Kier alpha value is -9.21. The number of benzene rings is 7. The summed E-state index contributed by atoms with van der Waals surface area (Å²) in [5.74, 6) is 3.38. The number of non-ortho nitro benzene ring substituents is 1. The number of carbonyl (C=O) groups is 4. The molecule has 0 saturated carbocycles. The van der Waals surface area contributed by atoms with Crippen molar-refractivity contribution in [1.29, 1.82) is 0 Å². The highest BCUT2D eigenvalue weighted by Gasteiger charge is 2.76. The molecule has 76 heavy (non-hydrogen) atoms. The van der Waals surface area contributed by atoms with Crippen LogP contribution in [0.5, 0.6) is 11.5 Å². The second kappa shape index (κ2) is 20.6. The van der Waals surface area contributed by atoms with Crippen molar-refractivity contribution in [2.45, 2.75) is 36.3 Å². The number of esters is 1. The average Bonchev–Trinajstić information content (AvgIpc) is 3.77. The first-order valence-corrected chi connectivity index (χ1v) is 25.0. The van der Waals surface area contributed by atoms with Gasteiger partial charge in [-0.3, -0.25) is 29.4 Å². The van der Waals surface area contributed by atoms with Crippen molar-refractivity contribution in [3.8, 4) is 23.3 Å². The van der Waals surface area contributed by atoms with E-state index >= 15 is 14.4 Å². The molecule has 17 heteroatoms. The number of hydrogen-bond acceptors (Lipinski definition) is 14. The molecular weight excluding hydrogens is 987 g/mol. The number of imide groups is 1. The first-order chi connectivity index (χ1) is 37.1. The van der Waals surface area contributed by atoms with Crippen LogP contribution in [0, 0.1) is 27.9 Å². The topological polar surface area (TPSA) is 200 Å². The van der Waals surface area contributed by atoms with E-state index in [1.807, 2.05) is 89.8 Å². The van der Waals surface area contributed by atoms with Crippen LogP contribution in [-0.2, 0) is 35.9 Å². The fourth-order valence-corrected chi connectivity index (χ4v) is 11.6. The maximum atomic E-state index is 16.7. The summed E-state index contributed by atoms with van der Waals surface area (Å²) >= 11 is 1.22. The highest BCUT2D eigenvalue weighted by atomic mass is 32.1. The average molecular weight is 1030 g/mol. The Balaban J connectivity index is 1.17. The highest BCUT2D eigenvalue weighted by molar-refractivity contribution is 7.22. The van der Waals surface area contributed by atoms with Gasteiger partial charge in [0.15, 0.2) is 5.13 Å². The van der Waals surface area contributed by atoms with Gasteiger partial charge in [-0.1, -0.05) is 108 Å². The number of nitro benzene ring substituents is 1. The molecule has 2 fully saturated rings. The monoisotopic (exact) mass is 1030 g/mol. The second-order valence-electron chi connectivity index (χ2n) is 18.2. The summed E-state index contributed by atoms with van der Waals surface area (Å²) < 4.78 is 24.5. The molecule has 0 unspecified atom stereocenters. The molecule has 1 aromatic heterocycles. The Morgan fingerprint density at radius 1 is 0.789 bits per heavy atom. The number of aliphatic hydroxyl groups excluding tert-OH is 1. The van der Waals surface area contributed by atoms with Crippen LogP contribution >= 0.6 is 11.3 Å². The predicted molar refractivity (Wildman–Crippen MR) is 281 cm³/mol. The van der Waals surface area contributed by atoms with Gasteiger partial charge in [0.05, 0.1) is 52.5 Å². The van der Waals surface area contributed by atoms with Gasteiger partial charge in [-0.2, -0.15) is 0 Å². The number of aliphatic hydroxyl groups is 1. The van der Waals surface area contributed by atoms with E-state index in [4.69, 9.17) is 23.9 Å². The van der Waals surface area contributed by atoms with Crippen molar-refractivity contribution in [2.24, 2.45) is 5.92 Å². The molecule has 3 aliphatic heterocycles. The van der Waals surface area contributed by atoms with E-state index in [-0.39, 0.29) is 41.9 Å². The summed E-state index contributed by atoms with van der Waals surface area (Å²) in [7, 11) is 1.57. The fourth-order valence-electron chi connectivity index (χ4n) is 10.7. The van der Waals surface area contributed by atoms with Gasteiger partial charge < -0.3 is 29.4 Å². The Morgan fingerprint density at radius 3 is 2.13 bits per heavy atom. The van der Waals surface area contributed by atoms with Crippen LogP contribution in [0.15, 0.2) is 176 Å². The summed E-state index contributed by atoms with van der Waals surface area (Å²) in [6.45, 7) is -0.634. The number of aromatic nitrogens is 1. The Morgan fingerprint density at radius 2 is 1.45 bits per heavy atom. The maximum Gasteiger partial charge on any atom is 0.421 e. The van der Waals surface area contributed by atoms with Crippen LogP contribution in [0.3, 0.4) is 0 Å². The number of rotatable bonds is 12. The molecule has 0 aliphatic carbocycles. The number of ether oxygens (including phenoxy) is 4. The van der Waals surface area contributed by atoms with Gasteiger partial charge in [0, 0.05) is 23.3 Å². The lowest BCUT2D eigenvalue weighted by Crippen LogP contribution is -2.54. The molecule has 11 rings (SSSR count). The summed E-state index contributed by atoms with van der Waals surface area (Å²) in [5.41, 5.74) is 1.83. The molecule has 16 nitrogen and oxygen atoms in total. The Labute approximate surface area is 439 Å². The van der Waals surface area contributed by atoms with E-state index in [1.165, 1.54) is 35.6 Å². The SMILES string of the molecule is COc1ccc(C#Cc2ccc3c(c2)[C@]2(C(=O)N3C(=O)OCc3ccc([N+](=O)[O-])cc3)[C@H](C(=O)Nc3nc4ccccc4s3)[C@H]3C(=O)O[C@H](c4ccccc4)[C@H](c4ccccc4)N3[C@@H]2c2ccc(OCCO)cc2)cc1. The highest BCUT2D eigenvalue weighted by Crippen LogP contribution is 2.66. The summed E-state index contributed by atoms with van der Waals surface area (Å²) in [4.78, 5) is 81.8. The third-order valence-electron chi connectivity index (χ3n) is 14.0. The van der Waals surface area contributed by atoms with E-state index in [9.17, 15) is 20.0 Å². The summed E-state index contributed by atoms with van der Waals surface area (Å²) in [6.07, 6.45) is -2.09. The van der Waals surface area contributed by atoms with Crippen LogP contribution in [0.25, 0.3) is 10.2 Å². The van der Waals surface area contributed by atoms with Gasteiger partial charge >= 0.3 is 12.1 Å². The van der Waals surface area contributed by atoms with Crippen molar-refractivity contribution >= 4 is 61.9 Å². The normalized spacial score (nSPS) is 20.5. The smallest absolute Gasteiger partial charge is 0.421 e. The van der Waals surface area contributed by atoms with Gasteiger partial charge in [0.2, 0.25) is 11.8 Å². The van der Waals surface area contributed by atoms with Crippen molar-refractivity contribution in [2.75, 3.05) is 30.5 Å². The predicted octanol–water partition coefficient (Wildman–Crippen LogP) is 9.62. The number of cyclic esters (lactones) is 1. The van der Waals surface area contributed by atoms with Gasteiger partial charge in [0.25, 0.3) is 5.69 Å². The van der Waals surface area contributed by atoms with Crippen LogP contribution in [0.1, 0.15) is 57.1 Å². The molecule has 1 spiro atoms. The zero-order chi connectivity index (χ0) is 52.5. The Kier molecular flexibility index (Phi) is 13.3. The second-order valence-corrected chi connectivity index (χ2v) is 19.2. The number of hydrogen-bond donors (Lipinski definition) is 2. The largest absolute Gasteiger partial charge is 0.497 e. The van der Waals surface area contributed by atoms with E-state index in [0.717, 1.165) is 9.60 Å². The molecule has 4 heterocycles. The van der Waals surface area contributed by atoms with Crippen molar-refractivity contribution < 1.29 is 48.2 Å². The van der Waals surface area contributed by atoms with E-state index in [2.05, 4.69) is 17.2 Å². The van der Waals surface area contributed by atoms with E-state index in [0.29, 0.717) is 50.4 Å². The molecule has 6 atom stereocenters. The van der Waals surface area contributed by atoms with Gasteiger partial charge in [0.1, 0.15) is 42.3 Å². The Bertz CT molecular complexity index is 3550. The summed E-state index contributed by atoms with van der Waals surface area (Å²) in [6, 6.07) is 46.8. The van der Waals surface area contributed by atoms with E-state index in [1.54, 1.807) is 73.8 Å². The van der Waals surface area contributed by atoms with Gasteiger partial charge in [-0.15, -0.1) is 0 Å². The van der Waals surface area contributed by atoms with Crippen molar-refractivity contribution in [3.05, 3.63) is 225 Å². The van der Waals surface area contributed by atoms with Crippen LogP contribution < -0.4 is 19.7 Å². The first-order valence-electron chi connectivity index (χ1n) is 24.2. The van der Waals surface area contributed by atoms with Gasteiger partial charge in [-0.25, -0.2) is 14.7 Å². The first kappa shape index (κ1) is 49.0. The van der Waals surface area contributed by atoms with Gasteiger partial charge in [-0.05, 0) is 107 Å². The molecule has 3 amide bonds. The lowest BCUT2D eigenvalue weighted by molar-refractivity contribution is -0.384. The number of methoxy groups -OCH3 is 1. The maximum absolute atomic E-state index is 16.7. The minimum Gasteiger partial charge on any atom is -0.497 e. The summed E-state index contributed by atoms with van der Waals surface area (Å²) in [5, 5.41) is 24.4. The van der Waals surface area contributed by atoms with Crippen LogP contribution in [0.2, 0.25) is 0 Å². The number of amides is 3. The number of fused-ring (bicyclic) bond motifs is 4. The molecular formula is C59H45N5O11S. The third kappa shape index (κ3) is 8.83. The molecule has 3 aliphatic rings. The molecule has 8 aromatic rings. The number of nitrogens with one attached hydrogen (secondary N) is 1. The molecule has 0 bridgehead atoms. The zero-order valence-electron chi connectivity index (χ0n) is 40.5. The molecule has 2 N–H and O–H groups in total. The number of carbonyl (C=O) groups excluding carboxylic acids is 4. The number of morpholine rings is 1. The van der Waals surface area contributed by atoms with Crippen LogP contribution in [-0.4, -0.2) is 70.2 Å². The minimum atomic E-state index is -2.17. The van der Waals surface area contributed by atoms with E-state index < -0.39 is 64.4 Å². The quantitative estimate of drug-likeness (QED) is 0.0508. The van der Waals surface area contributed by atoms with Crippen molar-refractivity contribution in [3.63, 3.8) is 0 Å². The standard InChI is InChI=1S/C59H45N5O11S/c1-72-43-27-20-36(21-28-43)16-17-37-22-31-47-45(34-37)59(56(68)62(47)58(69)74-35-38-18-25-42(26-19-38)64(70)71)49(54(66)61-57-60-46-14-8-9-15-48(46)76-57)51-55(67)75-52(40-12-6-3-7-13-40)50(39-10-4-2-5-11-39)63(51)53(59)41-23-29-44(30-24-41)73-33-32-65/h2-15,18-31,34,49-53,65H,32-33,35H2,1H3,(H,60,61,66)/t49-,50-,51-,52+,53+,59-/m0/s1. The third-order valence-corrected chi connectivity index (χ3v) is 14.9. The molecule has 2 saturated heterocycles. The molecule has 378 valence electrons. The zero-order valence-corrected chi connectivity index (χ0v) is 41.3. The number of anilines is 2. The number of para-hydroxylation sites is 1. The van der Waals surface area contributed by atoms with Crippen molar-refractivity contribution in [1.82, 2.24) is 9.88 Å². The number of nitrogens with zero attached hydrogens (tertiary/aromatic N) is 4. The molecule has 7 aromatic carbocycles. The minimum absolute atomic E-state index is 0.00124. The molecule has 0 radical (unpaired) electrons. The number of thiazole rings is 1. The fraction of sp³-hybridized carbons (Fsp3) is 0.169. The lowest BCUT2D eigenvalue weighted by Gasteiger charge is -2.46.